The van der Waals surface area contributed by atoms with Crippen molar-refractivity contribution in [3.63, 3.8) is 0 Å². The van der Waals surface area contributed by atoms with Gasteiger partial charge >= 0.3 is 5.97 Å². The first-order valence-electron chi connectivity index (χ1n) is 9.06. The summed E-state index contributed by atoms with van der Waals surface area (Å²) >= 11 is 0. The number of carbonyl (C=O) groups excluding carboxylic acids is 1. The minimum absolute atomic E-state index is 0.00698. The van der Waals surface area contributed by atoms with Crippen molar-refractivity contribution < 1.29 is 19.4 Å². The molecular weight excluding hydrogens is 318 g/mol. The van der Waals surface area contributed by atoms with Crippen molar-refractivity contribution >= 4 is 11.9 Å². The molecule has 1 saturated heterocycles. The first-order valence-corrected chi connectivity index (χ1v) is 9.06. The fraction of sp³-hybridized carbons (Fsp3) is 0.600. The van der Waals surface area contributed by atoms with Crippen LogP contribution in [-0.4, -0.2) is 42.1 Å². The number of carboxylic acid groups (broad SMARTS) is 1. The topological polar surface area (TPSA) is 66.8 Å². The van der Waals surface area contributed by atoms with Crippen LogP contribution < -0.4 is 4.74 Å². The lowest BCUT2D eigenvalue weighted by Crippen LogP contribution is -2.45. The Morgan fingerprint density at radius 2 is 1.92 bits per heavy atom. The Balaban J connectivity index is 1.93. The summed E-state index contributed by atoms with van der Waals surface area (Å²) in [6.07, 6.45) is 3.68. The Hall–Kier alpha value is -2.04. The maximum Gasteiger partial charge on any atom is 0.308 e. The van der Waals surface area contributed by atoms with Gasteiger partial charge in [-0.05, 0) is 42.9 Å². The SMILES string of the molecule is COc1cc(C2(C(=O)N3C[C@@H](C)[C@H](C(=O)O)C3)CCCC2)ccc1C. The second kappa shape index (κ2) is 6.70. The van der Waals surface area contributed by atoms with Crippen LogP contribution in [0.3, 0.4) is 0 Å². The third kappa shape index (κ3) is 3.00. The molecule has 2 fully saturated rings. The van der Waals surface area contributed by atoms with Crippen molar-refractivity contribution in [2.75, 3.05) is 20.2 Å². The summed E-state index contributed by atoms with van der Waals surface area (Å²) in [7, 11) is 1.65. The number of carbonyl (C=O) groups is 2. The Labute approximate surface area is 149 Å². The summed E-state index contributed by atoms with van der Waals surface area (Å²) in [5.74, 6) is -0.385. The van der Waals surface area contributed by atoms with E-state index >= 15 is 0 Å². The van der Waals surface area contributed by atoms with Gasteiger partial charge < -0.3 is 14.7 Å². The van der Waals surface area contributed by atoms with Crippen LogP contribution in [-0.2, 0) is 15.0 Å². The van der Waals surface area contributed by atoms with Crippen molar-refractivity contribution in [3.8, 4) is 5.75 Å². The largest absolute Gasteiger partial charge is 0.496 e. The number of aliphatic carboxylic acids is 1. The molecule has 1 aromatic carbocycles. The van der Waals surface area contributed by atoms with Gasteiger partial charge in [0, 0.05) is 13.1 Å². The molecule has 2 atom stereocenters. The van der Waals surface area contributed by atoms with E-state index in [0.29, 0.717) is 13.1 Å². The molecule has 1 heterocycles. The Bertz CT molecular complexity index is 678. The fourth-order valence-electron chi connectivity index (χ4n) is 4.48. The predicted molar refractivity (Wildman–Crippen MR) is 94.7 cm³/mol. The second-order valence-corrected chi connectivity index (χ2v) is 7.61. The molecule has 136 valence electrons. The van der Waals surface area contributed by atoms with Gasteiger partial charge in [-0.3, -0.25) is 9.59 Å². The quantitative estimate of drug-likeness (QED) is 0.911. The third-order valence-electron chi connectivity index (χ3n) is 6.04. The number of rotatable bonds is 4. The van der Waals surface area contributed by atoms with Gasteiger partial charge in [-0.2, -0.15) is 0 Å². The molecule has 2 aliphatic rings. The van der Waals surface area contributed by atoms with Crippen LogP contribution >= 0.6 is 0 Å². The molecule has 0 unspecified atom stereocenters. The molecule has 1 aliphatic heterocycles. The Kier molecular flexibility index (Phi) is 4.76. The molecular formula is C20H27NO4. The van der Waals surface area contributed by atoms with E-state index in [1.807, 2.05) is 32.0 Å². The lowest BCUT2D eigenvalue weighted by Gasteiger charge is -2.33. The van der Waals surface area contributed by atoms with Gasteiger partial charge in [0.25, 0.3) is 0 Å². The molecule has 0 spiro atoms. The number of aryl methyl sites for hydroxylation is 1. The van der Waals surface area contributed by atoms with Crippen molar-refractivity contribution in [1.82, 2.24) is 4.90 Å². The number of hydrogen-bond acceptors (Lipinski definition) is 3. The molecule has 0 bridgehead atoms. The molecule has 25 heavy (non-hydrogen) atoms. The number of methoxy groups -OCH3 is 1. The second-order valence-electron chi connectivity index (χ2n) is 7.61. The normalized spacial score (nSPS) is 25.2. The van der Waals surface area contributed by atoms with Gasteiger partial charge in [-0.1, -0.05) is 31.9 Å². The first-order chi connectivity index (χ1) is 11.9. The minimum atomic E-state index is -0.805. The van der Waals surface area contributed by atoms with Crippen molar-refractivity contribution in [3.05, 3.63) is 29.3 Å². The van der Waals surface area contributed by atoms with Gasteiger partial charge in [-0.15, -0.1) is 0 Å². The molecule has 5 heteroatoms. The van der Waals surface area contributed by atoms with Crippen LogP contribution in [0.1, 0.15) is 43.7 Å². The van der Waals surface area contributed by atoms with E-state index < -0.39 is 17.3 Å². The highest BCUT2D eigenvalue weighted by Gasteiger charge is 2.48. The minimum Gasteiger partial charge on any atom is -0.496 e. The molecule has 1 saturated carbocycles. The zero-order valence-corrected chi connectivity index (χ0v) is 15.2. The van der Waals surface area contributed by atoms with Crippen LogP contribution in [0.25, 0.3) is 0 Å². The van der Waals surface area contributed by atoms with Gasteiger partial charge in [0.15, 0.2) is 0 Å². The summed E-state index contributed by atoms with van der Waals surface area (Å²) in [6.45, 7) is 4.76. The van der Waals surface area contributed by atoms with Crippen LogP contribution in [0.2, 0.25) is 0 Å². The number of hydrogen-bond donors (Lipinski definition) is 1. The van der Waals surface area contributed by atoms with E-state index in [2.05, 4.69) is 0 Å². The summed E-state index contributed by atoms with van der Waals surface area (Å²) in [5.41, 5.74) is 1.52. The summed E-state index contributed by atoms with van der Waals surface area (Å²) < 4.78 is 5.46. The Morgan fingerprint density at radius 1 is 1.24 bits per heavy atom. The molecule has 1 aromatic rings. The molecule has 0 radical (unpaired) electrons. The fourth-order valence-corrected chi connectivity index (χ4v) is 4.48. The molecule has 3 rings (SSSR count). The van der Waals surface area contributed by atoms with Gasteiger partial charge in [0.2, 0.25) is 5.91 Å². The van der Waals surface area contributed by atoms with Crippen molar-refractivity contribution in [2.45, 2.75) is 44.9 Å². The highest BCUT2D eigenvalue weighted by atomic mass is 16.5. The van der Waals surface area contributed by atoms with Crippen LogP contribution in [0, 0.1) is 18.8 Å². The van der Waals surface area contributed by atoms with E-state index in [0.717, 1.165) is 42.6 Å². The standard InChI is InChI=1S/C20H27NO4/c1-13-6-7-15(10-17(13)25-3)20(8-4-5-9-20)19(24)21-11-14(2)16(12-21)18(22)23/h6-7,10,14,16H,4-5,8-9,11-12H2,1-3H3,(H,22,23)/t14-,16-/m1/s1. The maximum absolute atomic E-state index is 13.5. The van der Waals surface area contributed by atoms with Crippen molar-refractivity contribution in [1.29, 1.82) is 0 Å². The molecule has 5 nitrogen and oxygen atoms in total. The van der Waals surface area contributed by atoms with Crippen molar-refractivity contribution in [2.24, 2.45) is 11.8 Å². The average molecular weight is 345 g/mol. The number of nitrogens with zero attached hydrogens (tertiary/aromatic N) is 1. The molecule has 0 aromatic heterocycles. The highest BCUT2D eigenvalue weighted by Crippen LogP contribution is 2.45. The van der Waals surface area contributed by atoms with E-state index in [4.69, 9.17) is 4.74 Å². The molecule has 1 aliphatic carbocycles. The van der Waals surface area contributed by atoms with E-state index in [1.165, 1.54) is 0 Å². The number of carboxylic acids is 1. The van der Waals surface area contributed by atoms with Crippen LogP contribution in [0.5, 0.6) is 5.75 Å². The van der Waals surface area contributed by atoms with Crippen LogP contribution in [0.15, 0.2) is 18.2 Å². The van der Waals surface area contributed by atoms with E-state index in [1.54, 1.807) is 12.0 Å². The van der Waals surface area contributed by atoms with E-state index in [-0.39, 0.29) is 11.8 Å². The monoisotopic (exact) mass is 345 g/mol. The zero-order chi connectivity index (χ0) is 18.2. The number of likely N-dealkylation sites (tertiary alicyclic amines) is 1. The zero-order valence-electron chi connectivity index (χ0n) is 15.2. The summed E-state index contributed by atoms with van der Waals surface area (Å²) in [4.78, 5) is 26.7. The highest BCUT2D eigenvalue weighted by molar-refractivity contribution is 5.89. The van der Waals surface area contributed by atoms with E-state index in [9.17, 15) is 14.7 Å². The summed E-state index contributed by atoms with van der Waals surface area (Å²) in [6, 6.07) is 6.04. The number of amides is 1. The lowest BCUT2D eigenvalue weighted by molar-refractivity contribution is -0.142. The predicted octanol–water partition coefficient (Wildman–Crippen LogP) is 2.99. The maximum atomic E-state index is 13.5. The van der Waals surface area contributed by atoms with Gasteiger partial charge in [0.1, 0.15) is 5.75 Å². The number of ether oxygens (including phenoxy) is 1. The van der Waals surface area contributed by atoms with Gasteiger partial charge in [-0.25, -0.2) is 0 Å². The third-order valence-corrected chi connectivity index (χ3v) is 6.04. The van der Waals surface area contributed by atoms with Gasteiger partial charge in [0.05, 0.1) is 18.4 Å². The lowest BCUT2D eigenvalue weighted by atomic mass is 9.77. The first kappa shape index (κ1) is 17.8. The average Bonchev–Trinajstić information content (AvgIpc) is 3.22. The molecule has 1 N–H and O–H groups in total. The Morgan fingerprint density at radius 3 is 2.48 bits per heavy atom. The number of benzene rings is 1. The summed E-state index contributed by atoms with van der Waals surface area (Å²) in [5, 5.41) is 9.37. The smallest absolute Gasteiger partial charge is 0.308 e. The molecule has 1 amide bonds. The van der Waals surface area contributed by atoms with Crippen LogP contribution in [0.4, 0.5) is 0 Å².